The molecule has 2 rings (SSSR count). The van der Waals surface area contributed by atoms with Crippen LogP contribution >= 0.6 is 0 Å². The summed E-state index contributed by atoms with van der Waals surface area (Å²) in [6.07, 6.45) is 2.84. The molecule has 0 radical (unpaired) electrons. The van der Waals surface area contributed by atoms with Crippen LogP contribution in [0.3, 0.4) is 0 Å². The van der Waals surface area contributed by atoms with Crippen LogP contribution in [0.5, 0.6) is 11.5 Å². The highest BCUT2D eigenvalue weighted by Gasteiger charge is 2.24. The Morgan fingerprint density at radius 3 is 2.80 bits per heavy atom. The number of rotatable bonds is 7. The molecule has 0 fully saturated rings. The second kappa shape index (κ2) is 6.46. The van der Waals surface area contributed by atoms with Crippen molar-refractivity contribution in [1.82, 2.24) is 5.32 Å². The molecule has 0 aliphatic carbocycles. The van der Waals surface area contributed by atoms with Crippen molar-refractivity contribution in [3.8, 4) is 11.5 Å². The van der Waals surface area contributed by atoms with E-state index in [1.807, 2.05) is 12.1 Å². The van der Waals surface area contributed by atoms with E-state index in [1.165, 1.54) is 5.56 Å². The molecule has 4 heteroatoms. The summed E-state index contributed by atoms with van der Waals surface area (Å²) >= 11 is 0. The molecule has 1 aliphatic rings. The Morgan fingerprint density at radius 1 is 1.35 bits per heavy atom. The van der Waals surface area contributed by atoms with Gasteiger partial charge in [-0.05, 0) is 50.8 Å². The third kappa shape index (κ3) is 3.64. The number of hydrogen-bond acceptors (Lipinski definition) is 4. The molecule has 0 bridgehead atoms. The first-order valence-corrected chi connectivity index (χ1v) is 7.33. The molecule has 0 saturated carbocycles. The van der Waals surface area contributed by atoms with Crippen LogP contribution in [0.25, 0.3) is 0 Å². The highest BCUT2D eigenvalue weighted by atomic mass is 16.7. The first kappa shape index (κ1) is 15.1. The van der Waals surface area contributed by atoms with Gasteiger partial charge in [0.15, 0.2) is 11.5 Å². The summed E-state index contributed by atoms with van der Waals surface area (Å²) in [5.41, 5.74) is 0.964. The van der Waals surface area contributed by atoms with Gasteiger partial charge in [0.1, 0.15) is 0 Å². The lowest BCUT2D eigenvalue weighted by Gasteiger charge is -2.32. The third-order valence-electron chi connectivity index (χ3n) is 3.96. The highest BCUT2D eigenvalue weighted by molar-refractivity contribution is 5.44. The summed E-state index contributed by atoms with van der Waals surface area (Å²) < 4.78 is 10.7. The summed E-state index contributed by atoms with van der Waals surface area (Å²) in [6, 6.07) is 6.46. The topological polar surface area (TPSA) is 50.7 Å². The molecule has 112 valence electrons. The van der Waals surface area contributed by atoms with Crippen molar-refractivity contribution in [2.75, 3.05) is 13.4 Å². The number of benzene rings is 1. The Bertz CT molecular complexity index is 449. The Balaban J connectivity index is 1.95. The van der Waals surface area contributed by atoms with Gasteiger partial charge >= 0.3 is 0 Å². The second-order valence-corrected chi connectivity index (χ2v) is 5.86. The zero-order chi connectivity index (χ0) is 14.6. The maximum absolute atomic E-state index is 9.66. The normalized spacial score (nSPS) is 17.8. The van der Waals surface area contributed by atoms with E-state index in [1.54, 1.807) is 0 Å². The number of fused-ring (bicyclic) bond motifs is 1. The van der Waals surface area contributed by atoms with Gasteiger partial charge in [-0.2, -0.15) is 0 Å². The molecule has 4 nitrogen and oxygen atoms in total. The highest BCUT2D eigenvalue weighted by Crippen LogP contribution is 2.33. The quantitative estimate of drug-likeness (QED) is 0.805. The minimum Gasteiger partial charge on any atom is -0.454 e. The molecule has 1 aliphatic heterocycles. The average Bonchev–Trinajstić information content (AvgIpc) is 2.92. The number of hydrogen-bond donors (Lipinski definition) is 2. The molecule has 20 heavy (non-hydrogen) atoms. The fourth-order valence-electron chi connectivity index (χ4n) is 2.41. The predicted molar refractivity (Wildman–Crippen MR) is 79.3 cm³/mol. The Morgan fingerprint density at radius 2 is 2.10 bits per heavy atom. The van der Waals surface area contributed by atoms with Crippen LogP contribution in [0.2, 0.25) is 0 Å². The van der Waals surface area contributed by atoms with Crippen LogP contribution in [-0.2, 0) is 6.42 Å². The summed E-state index contributed by atoms with van der Waals surface area (Å²) in [7, 11) is 0. The van der Waals surface area contributed by atoms with Crippen molar-refractivity contribution in [1.29, 1.82) is 0 Å². The lowest BCUT2D eigenvalue weighted by atomic mass is 9.92. The summed E-state index contributed by atoms with van der Waals surface area (Å²) in [6.45, 7) is 6.82. The Hall–Kier alpha value is -1.26. The van der Waals surface area contributed by atoms with Crippen molar-refractivity contribution in [3.63, 3.8) is 0 Å². The fraction of sp³-hybridized carbons (Fsp3) is 0.625. The van der Waals surface area contributed by atoms with Crippen LogP contribution in [0.15, 0.2) is 18.2 Å². The number of nitrogens with one attached hydrogen (secondary N) is 1. The zero-order valence-electron chi connectivity index (χ0n) is 12.6. The fourth-order valence-corrected chi connectivity index (χ4v) is 2.41. The Labute approximate surface area is 121 Å². The van der Waals surface area contributed by atoms with Gasteiger partial charge in [-0.1, -0.05) is 13.0 Å². The van der Waals surface area contributed by atoms with Crippen LogP contribution in [-0.4, -0.2) is 30.1 Å². The largest absolute Gasteiger partial charge is 0.454 e. The van der Waals surface area contributed by atoms with E-state index in [0.29, 0.717) is 12.8 Å². The van der Waals surface area contributed by atoms with Crippen LogP contribution < -0.4 is 14.8 Å². The second-order valence-electron chi connectivity index (χ2n) is 5.86. The van der Waals surface area contributed by atoms with E-state index >= 15 is 0 Å². The first-order chi connectivity index (χ1) is 9.56. The van der Waals surface area contributed by atoms with Gasteiger partial charge in [0.05, 0.1) is 6.61 Å². The number of aliphatic hydroxyl groups excluding tert-OH is 1. The van der Waals surface area contributed by atoms with Crippen molar-refractivity contribution in [3.05, 3.63) is 23.8 Å². The van der Waals surface area contributed by atoms with Gasteiger partial charge in [-0.25, -0.2) is 0 Å². The smallest absolute Gasteiger partial charge is 0.231 e. The zero-order valence-corrected chi connectivity index (χ0v) is 12.6. The van der Waals surface area contributed by atoms with Crippen LogP contribution in [0.4, 0.5) is 0 Å². The summed E-state index contributed by atoms with van der Waals surface area (Å²) in [5, 5.41) is 13.2. The molecule has 1 aromatic carbocycles. The third-order valence-corrected chi connectivity index (χ3v) is 3.96. The van der Waals surface area contributed by atoms with Gasteiger partial charge in [0.25, 0.3) is 0 Å². The summed E-state index contributed by atoms with van der Waals surface area (Å²) in [4.78, 5) is 0. The van der Waals surface area contributed by atoms with Gasteiger partial charge in [0, 0.05) is 11.6 Å². The minimum atomic E-state index is -0.244. The molecule has 2 N–H and O–H groups in total. The number of ether oxygens (including phenoxy) is 2. The van der Waals surface area contributed by atoms with E-state index in [-0.39, 0.29) is 12.1 Å². The van der Waals surface area contributed by atoms with Gasteiger partial charge in [-0.3, -0.25) is 0 Å². The molecule has 0 spiro atoms. The van der Waals surface area contributed by atoms with E-state index in [4.69, 9.17) is 9.47 Å². The first-order valence-electron chi connectivity index (χ1n) is 7.33. The molecular weight excluding hydrogens is 254 g/mol. The number of aliphatic hydroxyl groups is 1. The lowest BCUT2D eigenvalue weighted by molar-refractivity contribution is 0.154. The predicted octanol–water partition coefficient (Wildman–Crippen LogP) is 2.49. The Kier molecular flexibility index (Phi) is 4.89. The summed E-state index contributed by atoms with van der Waals surface area (Å²) in [5.74, 6) is 1.64. The minimum absolute atomic E-state index is 0.141. The molecular formula is C16H25NO3. The molecule has 0 amide bonds. The lowest BCUT2D eigenvalue weighted by Crippen LogP contribution is -2.50. The molecule has 2 atom stereocenters. The van der Waals surface area contributed by atoms with Gasteiger partial charge < -0.3 is 19.9 Å². The standard InChI is InChI=1S/C16H25NO3/c1-4-12(2)17-16(3,10-18)8-7-13-5-6-14-15(9-13)20-11-19-14/h5-6,9,12,17-18H,4,7-8,10-11H2,1-3H3. The van der Waals surface area contributed by atoms with Gasteiger partial charge in [-0.15, -0.1) is 0 Å². The number of aryl methyl sites for hydroxylation is 1. The SMILES string of the molecule is CCC(C)NC(C)(CO)CCc1ccc2c(c1)OCO2. The molecule has 0 aromatic heterocycles. The molecule has 1 heterocycles. The average molecular weight is 279 g/mol. The molecule has 1 aromatic rings. The van der Waals surface area contributed by atoms with E-state index in [0.717, 1.165) is 30.8 Å². The van der Waals surface area contributed by atoms with Crippen LogP contribution in [0.1, 0.15) is 39.2 Å². The van der Waals surface area contributed by atoms with Crippen molar-refractivity contribution in [2.24, 2.45) is 0 Å². The van der Waals surface area contributed by atoms with E-state index in [9.17, 15) is 5.11 Å². The maximum atomic E-state index is 9.66. The van der Waals surface area contributed by atoms with Crippen LogP contribution in [0, 0.1) is 0 Å². The van der Waals surface area contributed by atoms with Gasteiger partial charge in [0.2, 0.25) is 6.79 Å². The molecule has 2 unspecified atom stereocenters. The van der Waals surface area contributed by atoms with E-state index < -0.39 is 0 Å². The van der Waals surface area contributed by atoms with Crippen molar-refractivity contribution in [2.45, 2.75) is 51.6 Å². The van der Waals surface area contributed by atoms with E-state index in [2.05, 4.69) is 32.2 Å². The van der Waals surface area contributed by atoms with Crippen molar-refractivity contribution >= 4 is 0 Å². The van der Waals surface area contributed by atoms with Crippen molar-refractivity contribution < 1.29 is 14.6 Å². The molecule has 0 saturated heterocycles. The monoisotopic (exact) mass is 279 g/mol. The maximum Gasteiger partial charge on any atom is 0.231 e.